The lowest BCUT2D eigenvalue weighted by Crippen LogP contribution is -2.04. The highest BCUT2D eigenvalue weighted by Gasteiger charge is 2.04. The number of hydrogen-bond acceptors (Lipinski definition) is 3. The van der Waals surface area contributed by atoms with Crippen LogP contribution < -0.4 is 0 Å². The maximum Gasteiger partial charge on any atom is 0.159 e. The molecule has 0 aliphatic heterocycles. The predicted octanol–water partition coefficient (Wildman–Crippen LogP) is 2.40. The van der Waals surface area contributed by atoms with Crippen molar-refractivity contribution in [2.75, 3.05) is 13.7 Å². The van der Waals surface area contributed by atoms with E-state index in [2.05, 4.69) is 5.10 Å². The molecule has 1 aromatic carbocycles. The molecule has 18 heavy (non-hydrogen) atoms. The third-order valence-corrected chi connectivity index (χ3v) is 2.75. The smallest absolute Gasteiger partial charge is 0.159 e. The summed E-state index contributed by atoms with van der Waals surface area (Å²) in [7, 11) is 1.67. The van der Waals surface area contributed by atoms with Gasteiger partial charge >= 0.3 is 0 Å². The fourth-order valence-electron chi connectivity index (χ4n) is 1.70. The van der Waals surface area contributed by atoms with E-state index < -0.39 is 0 Å². The number of aromatic nitrogens is 2. The Morgan fingerprint density at radius 1 is 1.28 bits per heavy atom. The molecule has 2 aromatic rings. The molecule has 1 heterocycles. The maximum atomic E-state index is 11.2. The topological polar surface area (TPSA) is 44.1 Å². The summed E-state index contributed by atoms with van der Waals surface area (Å²) in [5, 5.41) is 4.44. The molecule has 0 aliphatic carbocycles. The van der Waals surface area contributed by atoms with E-state index in [9.17, 15) is 4.79 Å². The van der Waals surface area contributed by atoms with Crippen LogP contribution >= 0.6 is 0 Å². The molecule has 1 aromatic heterocycles. The molecule has 4 nitrogen and oxygen atoms in total. The second-order valence-electron chi connectivity index (χ2n) is 4.09. The standard InChI is InChI=1S/C14H16N2O2/c1-11(17)12-3-5-13(6-4-12)14-7-8-16(15-14)9-10-18-2/h3-8H,9-10H2,1-2H3. The van der Waals surface area contributed by atoms with Crippen LogP contribution in [0.1, 0.15) is 17.3 Å². The molecule has 0 bridgehead atoms. The molecule has 0 radical (unpaired) electrons. The number of Topliss-reactive ketones (excluding diaryl/α,β-unsaturated/α-hetero) is 1. The van der Waals surface area contributed by atoms with Crippen LogP contribution in [0.4, 0.5) is 0 Å². The van der Waals surface area contributed by atoms with E-state index in [0.29, 0.717) is 6.61 Å². The van der Waals surface area contributed by atoms with Gasteiger partial charge in [-0.1, -0.05) is 24.3 Å². The van der Waals surface area contributed by atoms with Crippen molar-refractivity contribution < 1.29 is 9.53 Å². The lowest BCUT2D eigenvalue weighted by molar-refractivity contribution is 0.101. The number of methoxy groups -OCH3 is 1. The SMILES string of the molecule is COCCn1ccc(-c2ccc(C(C)=O)cc2)n1. The second-order valence-corrected chi connectivity index (χ2v) is 4.09. The van der Waals surface area contributed by atoms with E-state index in [1.807, 2.05) is 41.2 Å². The van der Waals surface area contributed by atoms with Gasteiger partial charge in [0.25, 0.3) is 0 Å². The number of nitrogens with zero attached hydrogens (tertiary/aromatic N) is 2. The van der Waals surface area contributed by atoms with Gasteiger partial charge in [-0.25, -0.2) is 0 Å². The van der Waals surface area contributed by atoms with Gasteiger partial charge in [0.15, 0.2) is 5.78 Å². The van der Waals surface area contributed by atoms with Crippen molar-refractivity contribution in [2.24, 2.45) is 0 Å². The zero-order valence-corrected chi connectivity index (χ0v) is 10.6. The third-order valence-electron chi connectivity index (χ3n) is 2.75. The molecule has 4 heteroatoms. The van der Waals surface area contributed by atoms with Gasteiger partial charge in [-0.05, 0) is 13.0 Å². The van der Waals surface area contributed by atoms with Crippen molar-refractivity contribution in [3.05, 3.63) is 42.1 Å². The first-order chi connectivity index (χ1) is 8.70. The van der Waals surface area contributed by atoms with Gasteiger partial charge in [-0.15, -0.1) is 0 Å². The Bertz CT molecular complexity index is 529. The summed E-state index contributed by atoms with van der Waals surface area (Å²) in [6.07, 6.45) is 1.92. The fourth-order valence-corrected chi connectivity index (χ4v) is 1.70. The monoisotopic (exact) mass is 244 g/mol. The minimum Gasteiger partial charge on any atom is -0.383 e. The largest absolute Gasteiger partial charge is 0.383 e. The summed E-state index contributed by atoms with van der Waals surface area (Å²) in [6, 6.07) is 9.44. The van der Waals surface area contributed by atoms with E-state index in [1.54, 1.807) is 14.0 Å². The summed E-state index contributed by atoms with van der Waals surface area (Å²) in [4.78, 5) is 11.2. The van der Waals surface area contributed by atoms with Crippen LogP contribution in [0.5, 0.6) is 0 Å². The molecule has 0 fully saturated rings. The first-order valence-corrected chi connectivity index (χ1v) is 5.84. The molecular formula is C14H16N2O2. The van der Waals surface area contributed by atoms with Crippen LogP contribution in [-0.2, 0) is 11.3 Å². The summed E-state index contributed by atoms with van der Waals surface area (Å²) in [6.45, 7) is 2.95. The molecule has 94 valence electrons. The average Bonchev–Trinajstić information content (AvgIpc) is 2.85. The predicted molar refractivity (Wildman–Crippen MR) is 69.5 cm³/mol. The third kappa shape index (κ3) is 2.84. The van der Waals surface area contributed by atoms with Gasteiger partial charge in [0, 0.05) is 24.4 Å². The Labute approximate surface area is 106 Å². The average molecular weight is 244 g/mol. The van der Waals surface area contributed by atoms with Gasteiger partial charge in [0.2, 0.25) is 0 Å². The van der Waals surface area contributed by atoms with E-state index in [-0.39, 0.29) is 5.78 Å². The van der Waals surface area contributed by atoms with Crippen molar-refractivity contribution in [3.8, 4) is 11.3 Å². The minimum atomic E-state index is 0.0761. The summed E-state index contributed by atoms with van der Waals surface area (Å²) in [5.41, 5.74) is 2.63. The number of benzene rings is 1. The zero-order chi connectivity index (χ0) is 13.0. The Kier molecular flexibility index (Phi) is 3.89. The summed E-state index contributed by atoms with van der Waals surface area (Å²) >= 11 is 0. The second kappa shape index (κ2) is 5.60. The van der Waals surface area contributed by atoms with Gasteiger partial charge in [-0.2, -0.15) is 5.10 Å². The van der Waals surface area contributed by atoms with Crippen molar-refractivity contribution in [3.63, 3.8) is 0 Å². The Morgan fingerprint density at radius 2 is 2.00 bits per heavy atom. The Hall–Kier alpha value is -1.94. The van der Waals surface area contributed by atoms with Crippen LogP contribution in [0.2, 0.25) is 0 Å². The van der Waals surface area contributed by atoms with Gasteiger partial charge in [0.05, 0.1) is 18.8 Å². The van der Waals surface area contributed by atoms with Gasteiger partial charge in [0.1, 0.15) is 0 Å². The quantitative estimate of drug-likeness (QED) is 0.758. The van der Waals surface area contributed by atoms with Crippen LogP contribution in [0.25, 0.3) is 11.3 Å². The Balaban J connectivity index is 2.15. The van der Waals surface area contributed by atoms with E-state index in [1.165, 1.54) is 0 Å². The molecule has 0 unspecified atom stereocenters. The van der Waals surface area contributed by atoms with Crippen LogP contribution in [0.3, 0.4) is 0 Å². The number of rotatable bonds is 5. The highest BCUT2D eigenvalue weighted by molar-refractivity contribution is 5.94. The Morgan fingerprint density at radius 3 is 2.61 bits per heavy atom. The van der Waals surface area contributed by atoms with Crippen molar-refractivity contribution in [1.29, 1.82) is 0 Å². The normalized spacial score (nSPS) is 10.6. The first-order valence-electron chi connectivity index (χ1n) is 5.84. The number of hydrogen-bond donors (Lipinski definition) is 0. The highest BCUT2D eigenvalue weighted by Crippen LogP contribution is 2.17. The molecule has 0 saturated heterocycles. The molecular weight excluding hydrogens is 228 g/mol. The van der Waals surface area contributed by atoms with Crippen LogP contribution in [0, 0.1) is 0 Å². The van der Waals surface area contributed by atoms with Crippen molar-refractivity contribution in [1.82, 2.24) is 9.78 Å². The number of ketones is 1. The number of carbonyl (C=O) groups excluding carboxylic acids is 1. The molecule has 0 spiro atoms. The lowest BCUT2D eigenvalue weighted by Gasteiger charge is -2.00. The van der Waals surface area contributed by atoms with Crippen LogP contribution in [-0.4, -0.2) is 29.3 Å². The number of ether oxygens (including phenoxy) is 1. The molecule has 0 saturated carbocycles. The first kappa shape index (κ1) is 12.5. The maximum absolute atomic E-state index is 11.2. The summed E-state index contributed by atoms with van der Waals surface area (Å²) < 4.78 is 6.85. The minimum absolute atomic E-state index is 0.0761. The number of carbonyl (C=O) groups is 1. The highest BCUT2D eigenvalue weighted by atomic mass is 16.5. The summed E-state index contributed by atoms with van der Waals surface area (Å²) in [5.74, 6) is 0.0761. The van der Waals surface area contributed by atoms with Crippen molar-refractivity contribution >= 4 is 5.78 Å². The van der Waals surface area contributed by atoms with E-state index in [4.69, 9.17) is 4.74 Å². The molecule has 0 atom stereocenters. The van der Waals surface area contributed by atoms with E-state index >= 15 is 0 Å². The lowest BCUT2D eigenvalue weighted by atomic mass is 10.1. The molecule has 2 rings (SSSR count). The fraction of sp³-hybridized carbons (Fsp3) is 0.286. The van der Waals surface area contributed by atoms with Gasteiger partial charge < -0.3 is 4.74 Å². The van der Waals surface area contributed by atoms with Gasteiger partial charge in [-0.3, -0.25) is 9.48 Å². The van der Waals surface area contributed by atoms with Crippen LogP contribution in [0.15, 0.2) is 36.5 Å². The molecule has 0 N–H and O–H groups in total. The molecule has 0 amide bonds. The zero-order valence-electron chi connectivity index (χ0n) is 10.6. The van der Waals surface area contributed by atoms with Crippen molar-refractivity contribution in [2.45, 2.75) is 13.5 Å². The molecule has 0 aliphatic rings. The van der Waals surface area contributed by atoms with E-state index in [0.717, 1.165) is 23.4 Å².